The topological polar surface area (TPSA) is 60.0 Å². The van der Waals surface area contributed by atoms with E-state index in [1.54, 1.807) is 32.4 Å². The van der Waals surface area contributed by atoms with Gasteiger partial charge in [0.15, 0.2) is 0 Å². The summed E-state index contributed by atoms with van der Waals surface area (Å²) in [4.78, 5) is 15.0. The Bertz CT molecular complexity index is 858. The van der Waals surface area contributed by atoms with Crippen LogP contribution < -0.4 is 14.8 Å². The molecule has 1 atom stereocenters. The number of benzene rings is 2. The lowest BCUT2D eigenvalue weighted by atomic mass is 10.0. The van der Waals surface area contributed by atoms with Crippen LogP contribution in [0.25, 0.3) is 6.08 Å². The van der Waals surface area contributed by atoms with Gasteiger partial charge in [-0.05, 0) is 30.7 Å². The second kappa shape index (κ2) is 10.8. The van der Waals surface area contributed by atoms with Crippen LogP contribution in [0.15, 0.2) is 48.5 Å². The average molecular weight is 411 g/mol. The van der Waals surface area contributed by atoms with Crippen LogP contribution in [0.1, 0.15) is 22.7 Å². The molecule has 6 nitrogen and oxygen atoms in total. The standard InChI is InChI=1S/C24H30N2O4/c1-18-4-6-19(7-5-18)22(17-26-12-14-30-15-13-26)25-24(27)11-9-20-8-10-21(28-2)16-23(20)29-3/h4-11,16,22H,12-15,17H2,1-3H3,(H,25,27)/b11-9+/t22-/m0/s1. The molecular formula is C24H30N2O4. The first-order valence-electron chi connectivity index (χ1n) is 10.2. The van der Waals surface area contributed by atoms with E-state index >= 15 is 0 Å². The van der Waals surface area contributed by atoms with Gasteiger partial charge in [0, 0.05) is 37.3 Å². The summed E-state index contributed by atoms with van der Waals surface area (Å²) in [6.07, 6.45) is 3.30. The molecule has 0 saturated carbocycles. The monoisotopic (exact) mass is 410 g/mol. The van der Waals surface area contributed by atoms with Gasteiger partial charge in [0.25, 0.3) is 0 Å². The second-order valence-corrected chi connectivity index (χ2v) is 7.33. The molecule has 0 spiro atoms. The number of aryl methyl sites for hydroxylation is 1. The maximum Gasteiger partial charge on any atom is 0.244 e. The highest BCUT2D eigenvalue weighted by Crippen LogP contribution is 2.25. The predicted molar refractivity (Wildman–Crippen MR) is 118 cm³/mol. The van der Waals surface area contributed by atoms with Crippen molar-refractivity contribution < 1.29 is 19.0 Å². The second-order valence-electron chi connectivity index (χ2n) is 7.33. The fourth-order valence-corrected chi connectivity index (χ4v) is 3.42. The maximum atomic E-state index is 12.7. The van der Waals surface area contributed by atoms with E-state index in [1.807, 2.05) is 12.1 Å². The van der Waals surface area contributed by atoms with Crippen molar-refractivity contribution in [2.45, 2.75) is 13.0 Å². The number of hydrogen-bond acceptors (Lipinski definition) is 5. The van der Waals surface area contributed by atoms with Crippen LogP contribution in [0.4, 0.5) is 0 Å². The van der Waals surface area contributed by atoms with E-state index in [0.717, 1.165) is 44.0 Å². The molecular weight excluding hydrogens is 380 g/mol. The van der Waals surface area contributed by atoms with Crippen LogP contribution in [0.3, 0.4) is 0 Å². The Kier molecular flexibility index (Phi) is 7.88. The number of nitrogens with zero attached hydrogens (tertiary/aromatic N) is 1. The normalized spacial score (nSPS) is 15.7. The number of amides is 1. The highest BCUT2D eigenvalue weighted by Gasteiger charge is 2.19. The van der Waals surface area contributed by atoms with Crippen LogP contribution in [0.5, 0.6) is 11.5 Å². The minimum atomic E-state index is -0.147. The molecule has 0 bridgehead atoms. The van der Waals surface area contributed by atoms with E-state index in [9.17, 15) is 4.79 Å². The minimum absolute atomic E-state index is 0.0985. The van der Waals surface area contributed by atoms with Gasteiger partial charge in [-0.1, -0.05) is 29.8 Å². The van der Waals surface area contributed by atoms with E-state index in [4.69, 9.17) is 14.2 Å². The van der Waals surface area contributed by atoms with Crippen LogP contribution >= 0.6 is 0 Å². The molecule has 0 unspecified atom stereocenters. The average Bonchev–Trinajstić information content (AvgIpc) is 2.78. The van der Waals surface area contributed by atoms with E-state index in [1.165, 1.54) is 5.56 Å². The molecule has 1 amide bonds. The molecule has 30 heavy (non-hydrogen) atoms. The zero-order valence-corrected chi connectivity index (χ0v) is 17.9. The van der Waals surface area contributed by atoms with Gasteiger partial charge in [0.1, 0.15) is 11.5 Å². The SMILES string of the molecule is COc1ccc(/C=C/C(=O)N[C@@H](CN2CCOCC2)c2ccc(C)cc2)c(OC)c1. The Morgan fingerprint density at radius 2 is 1.87 bits per heavy atom. The minimum Gasteiger partial charge on any atom is -0.497 e. The number of hydrogen-bond donors (Lipinski definition) is 1. The van der Waals surface area contributed by atoms with Gasteiger partial charge >= 0.3 is 0 Å². The predicted octanol–water partition coefficient (Wildman–Crippen LogP) is 3.22. The van der Waals surface area contributed by atoms with Gasteiger partial charge in [-0.25, -0.2) is 0 Å². The van der Waals surface area contributed by atoms with Crippen molar-refractivity contribution in [3.8, 4) is 11.5 Å². The Balaban J connectivity index is 1.72. The molecule has 2 aromatic carbocycles. The molecule has 0 aromatic heterocycles. The lowest BCUT2D eigenvalue weighted by Gasteiger charge is -2.31. The van der Waals surface area contributed by atoms with Gasteiger partial charge in [0.05, 0.1) is 33.5 Å². The summed E-state index contributed by atoms with van der Waals surface area (Å²) in [6, 6.07) is 13.7. The first-order valence-corrected chi connectivity index (χ1v) is 10.2. The van der Waals surface area contributed by atoms with Crippen LogP contribution in [0.2, 0.25) is 0 Å². The van der Waals surface area contributed by atoms with E-state index in [-0.39, 0.29) is 11.9 Å². The van der Waals surface area contributed by atoms with Crippen molar-refractivity contribution in [2.24, 2.45) is 0 Å². The molecule has 1 aliphatic rings. The van der Waals surface area contributed by atoms with Crippen molar-refractivity contribution >= 4 is 12.0 Å². The largest absolute Gasteiger partial charge is 0.497 e. The number of nitrogens with one attached hydrogen (secondary N) is 1. The quantitative estimate of drug-likeness (QED) is 0.677. The van der Waals surface area contributed by atoms with Crippen molar-refractivity contribution in [3.63, 3.8) is 0 Å². The molecule has 6 heteroatoms. The molecule has 0 aliphatic carbocycles. The zero-order valence-electron chi connectivity index (χ0n) is 17.9. The first kappa shape index (κ1) is 21.9. The van der Waals surface area contributed by atoms with Crippen molar-refractivity contribution in [1.29, 1.82) is 0 Å². The molecule has 0 radical (unpaired) electrons. The Labute approximate surface area is 178 Å². The molecule has 1 saturated heterocycles. The summed E-state index contributed by atoms with van der Waals surface area (Å²) >= 11 is 0. The van der Waals surface area contributed by atoms with Crippen LogP contribution in [0, 0.1) is 6.92 Å². The van der Waals surface area contributed by atoms with Gasteiger partial charge in [-0.3, -0.25) is 9.69 Å². The lowest BCUT2D eigenvalue weighted by Crippen LogP contribution is -2.42. The summed E-state index contributed by atoms with van der Waals surface area (Å²) in [5.74, 6) is 1.21. The van der Waals surface area contributed by atoms with E-state index < -0.39 is 0 Å². The highest BCUT2D eigenvalue weighted by atomic mass is 16.5. The molecule has 1 heterocycles. The fourth-order valence-electron chi connectivity index (χ4n) is 3.42. The number of methoxy groups -OCH3 is 2. The third kappa shape index (κ3) is 6.08. The Morgan fingerprint density at radius 1 is 1.13 bits per heavy atom. The van der Waals surface area contributed by atoms with Crippen LogP contribution in [-0.2, 0) is 9.53 Å². The number of morpholine rings is 1. The molecule has 1 N–H and O–H groups in total. The maximum absolute atomic E-state index is 12.7. The van der Waals surface area contributed by atoms with Gasteiger partial charge < -0.3 is 19.5 Å². The Hall–Kier alpha value is -2.83. The fraction of sp³-hybridized carbons (Fsp3) is 0.375. The molecule has 1 fully saturated rings. The van der Waals surface area contributed by atoms with Crippen molar-refractivity contribution in [3.05, 3.63) is 65.2 Å². The van der Waals surface area contributed by atoms with Crippen molar-refractivity contribution in [2.75, 3.05) is 47.1 Å². The smallest absolute Gasteiger partial charge is 0.244 e. The summed E-state index contributed by atoms with van der Waals surface area (Å²) in [6.45, 7) is 6.01. The number of carbonyl (C=O) groups excluding carboxylic acids is 1. The van der Waals surface area contributed by atoms with Crippen LogP contribution in [-0.4, -0.2) is 57.9 Å². The van der Waals surface area contributed by atoms with Gasteiger partial charge in [0.2, 0.25) is 5.91 Å². The third-order valence-corrected chi connectivity index (χ3v) is 5.20. The zero-order chi connectivity index (χ0) is 21.3. The third-order valence-electron chi connectivity index (χ3n) is 5.20. The van der Waals surface area contributed by atoms with Gasteiger partial charge in [-0.15, -0.1) is 0 Å². The summed E-state index contributed by atoms with van der Waals surface area (Å²) in [7, 11) is 3.21. The lowest BCUT2D eigenvalue weighted by molar-refractivity contribution is -0.117. The van der Waals surface area contributed by atoms with E-state index in [0.29, 0.717) is 11.5 Å². The summed E-state index contributed by atoms with van der Waals surface area (Å²) in [5, 5.41) is 3.16. The van der Waals surface area contributed by atoms with Gasteiger partial charge in [-0.2, -0.15) is 0 Å². The Morgan fingerprint density at radius 3 is 2.53 bits per heavy atom. The molecule has 2 aromatic rings. The number of ether oxygens (including phenoxy) is 3. The number of rotatable bonds is 8. The van der Waals surface area contributed by atoms with E-state index in [2.05, 4.69) is 41.4 Å². The summed E-state index contributed by atoms with van der Waals surface area (Å²) in [5.41, 5.74) is 3.10. The molecule has 1 aliphatic heterocycles. The first-order chi connectivity index (χ1) is 14.6. The molecule has 160 valence electrons. The summed E-state index contributed by atoms with van der Waals surface area (Å²) < 4.78 is 16.1. The van der Waals surface area contributed by atoms with Crippen molar-refractivity contribution in [1.82, 2.24) is 10.2 Å². The highest BCUT2D eigenvalue weighted by molar-refractivity contribution is 5.92. The molecule has 3 rings (SSSR count). The number of carbonyl (C=O) groups is 1.